The second kappa shape index (κ2) is 6.87. The Labute approximate surface area is 128 Å². The molecule has 1 atom stereocenters. The van der Waals surface area contributed by atoms with Crippen LogP contribution in [-0.4, -0.2) is 54.6 Å². The van der Waals surface area contributed by atoms with Crippen LogP contribution in [0.1, 0.15) is 19.8 Å². The number of nitrogens with zero attached hydrogens (tertiary/aromatic N) is 4. The molecular weight excluding hydrogens is 289 g/mol. The zero-order chi connectivity index (χ0) is 15.4. The fourth-order valence-corrected chi connectivity index (χ4v) is 2.45. The van der Waals surface area contributed by atoms with Gasteiger partial charge in [-0.15, -0.1) is 0 Å². The smallest absolute Gasteiger partial charge is 0.224 e. The summed E-state index contributed by atoms with van der Waals surface area (Å²) in [6.45, 7) is 5.02. The molecule has 8 heteroatoms. The van der Waals surface area contributed by atoms with Crippen molar-refractivity contribution in [3.8, 4) is 0 Å². The number of morpholine rings is 1. The summed E-state index contributed by atoms with van der Waals surface area (Å²) in [5.74, 6) is 0.302. The Morgan fingerprint density at radius 2 is 2.23 bits per heavy atom. The lowest BCUT2D eigenvalue weighted by Gasteiger charge is -2.28. The highest BCUT2D eigenvalue weighted by Crippen LogP contribution is 2.19. The topological polar surface area (TPSA) is 71.9 Å². The number of rotatable bonds is 5. The van der Waals surface area contributed by atoms with Crippen molar-refractivity contribution in [1.29, 1.82) is 0 Å². The molecule has 1 aromatic heterocycles. The third-order valence-corrected chi connectivity index (χ3v) is 3.73. The average molecular weight is 309 g/mol. The Balaban J connectivity index is 1.60. The highest BCUT2D eigenvalue weighted by molar-refractivity contribution is 5.85. The van der Waals surface area contributed by atoms with Gasteiger partial charge in [0.1, 0.15) is 6.10 Å². The van der Waals surface area contributed by atoms with Crippen molar-refractivity contribution >= 4 is 17.5 Å². The lowest BCUT2D eigenvalue weighted by Crippen LogP contribution is -2.37. The Morgan fingerprint density at radius 1 is 1.41 bits per heavy atom. The molecular formula is C14H20FN5O2. The second-order valence-electron chi connectivity index (χ2n) is 5.29. The zero-order valence-corrected chi connectivity index (χ0v) is 12.6. The molecule has 0 saturated carbocycles. The molecule has 0 unspecified atom stereocenters. The van der Waals surface area contributed by atoms with Gasteiger partial charge in [-0.3, -0.25) is 0 Å². The highest BCUT2D eigenvalue weighted by atomic mass is 19.1. The molecule has 1 fully saturated rings. The molecule has 0 radical (unpaired) electrons. The quantitative estimate of drug-likeness (QED) is 0.887. The van der Waals surface area contributed by atoms with E-state index in [1.54, 1.807) is 0 Å². The van der Waals surface area contributed by atoms with Crippen molar-refractivity contribution in [3.05, 3.63) is 12.0 Å². The van der Waals surface area contributed by atoms with Crippen molar-refractivity contribution in [2.24, 2.45) is 5.16 Å². The van der Waals surface area contributed by atoms with Crippen molar-refractivity contribution in [1.82, 2.24) is 9.97 Å². The summed E-state index contributed by atoms with van der Waals surface area (Å²) in [7, 11) is 0. The van der Waals surface area contributed by atoms with E-state index in [1.807, 2.05) is 4.90 Å². The fraction of sp³-hybridized carbons (Fsp3) is 0.643. The second-order valence-corrected chi connectivity index (χ2v) is 5.29. The van der Waals surface area contributed by atoms with E-state index >= 15 is 0 Å². The SMILES string of the molecule is CCC1=NO[C@H](CNc2ncc(F)c(N3CCOCC3)n2)C1. The number of aromatic nitrogens is 2. The van der Waals surface area contributed by atoms with E-state index in [1.165, 1.54) is 6.20 Å². The molecule has 2 aliphatic heterocycles. The van der Waals surface area contributed by atoms with E-state index < -0.39 is 5.82 Å². The molecule has 1 saturated heterocycles. The number of halogens is 1. The normalized spacial score (nSPS) is 21.5. The first-order valence-corrected chi connectivity index (χ1v) is 7.57. The molecule has 1 aromatic rings. The minimum absolute atomic E-state index is 0.0181. The summed E-state index contributed by atoms with van der Waals surface area (Å²) in [5.41, 5.74) is 1.06. The monoisotopic (exact) mass is 309 g/mol. The first-order chi connectivity index (χ1) is 10.8. The van der Waals surface area contributed by atoms with Crippen molar-refractivity contribution in [3.63, 3.8) is 0 Å². The van der Waals surface area contributed by atoms with Crippen molar-refractivity contribution in [2.45, 2.75) is 25.9 Å². The van der Waals surface area contributed by atoms with Crippen molar-refractivity contribution < 1.29 is 14.0 Å². The molecule has 3 heterocycles. The van der Waals surface area contributed by atoms with E-state index in [0.29, 0.717) is 44.6 Å². The molecule has 2 aliphatic rings. The van der Waals surface area contributed by atoms with Gasteiger partial charge in [0.15, 0.2) is 11.6 Å². The fourth-order valence-electron chi connectivity index (χ4n) is 2.45. The van der Waals surface area contributed by atoms with Gasteiger partial charge < -0.3 is 19.8 Å². The number of ether oxygens (including phenoxy) is 1. The van der Waals surface area contributed by atoms with Gasteiger partial charge in [-0.25, -0.2) is 9.37 Å². The van der Waals surface area contributed by atoms with Crippen LogP contribution in [0.5, 0.6) is 0 Å². The Morgan fingerprint density at radius 3 is 2.95 bits per heavy atom. The van der Waals surface area contributed by atoms with Gasteiger partial charge in [0.05, 0.1) is 31.7 Å². The molecule has 0 bridgehead atoms. The average Bonchev–Trinajstić information content (AvgIpc) is 3.03. The summed E-state index contributed by atoms with van der Waals surface area (Å²) in [5, 5.41) is 7.10. The van der Waals surface area contributed by atoms with Crippen LogP contribution in [0.4, 0.5) is 16.2 Å². The standard InChI is InChI=1S/C14H20FN5O2/c1-2-10-7-11(22-19-10)8-16-14-17-9-12(15)13(18-14)20-3-5-21-6-4-20/h9,11H,2-8H2,1H3,(H,16,17,18)/t11-/m0/s1. The van der Waals surface area contributed by atoms with E-state index in [0.717, 1.165) is 18.6 Å². The van der Waals surface area contributed by atoms with Crippen LogP contribution in [0.3, 0.4) is 0 Å². The third-order valence-electron chi connectivity index (χ3n) is 3.73. The summed E-state index contributed by atoms with van der Waals surface area (Å²) in [6, 6.07) is 0. The predicted molar refractivity (Wildman–Crippen MR) is 80.7 cm³/mol. The molecule has 1 N–H and O–H groups in total. The maximum absolute atomic E-state index is 13.9. The number of hydrogen-bond acceptors (Lipinski definition) is 7. The van der Waals surface area contributed by atoms with Gasteiger partial charge >= 0.3 is 0 Å². The zero-order valence-electron chi connectivity index (χ0n) is 12.6. The van der Waals surface area contributed by atoms with E-state index in [4.69, 9.17) is 9.57 Å². The summed E-state index contributed by atoms with van der Waals surface area (Å²) in [6.07, 6.45) is 2.88. The molecule has 120 valence electrons. The highest BCUT2D eigenvalue weighted by Gasteiger charge is 2.21. The summed E-state index contributed by atoms with van der Waals surface area (Å²) < 4.78 is 19.2. The van der Waals surface area contributed by atoms with Gasteiger partial charge in [0.25, 0.3) is 0 Å². The Bertz CT molecular complexity index is 548. The Kier molecular flexibility index (Phi) is 4.67. The number of nitrogens with one attached hydrogen (secondary N) is 1. The van der Waals surface area contributed by atoms with Gasteiger partial charge in [-0.1, -0.05) is 12.1 Å². The van der Waals surface area contributed by atoms with Crippen LogP contribution >= 0.6 is 0 Å². The van der Waals surface area contributed by atoms with E-state index in [2.05, 4.69) is 27.4 Å². The first-order valence-electron chi connectivity index (χ1n) is 7.57. The molecule has 7 nitrogen and oxygen atoms in total. The lowest BCUT2D eigenvalue weighted by molar-refractivity contribution is 0.0948. The van der Waals surface area contributed by atoms with Crippen LogP contribution < -0.4 is 10.2 Å². The predicted octanol–water partition coefficient (Wildman–Crippen LogP) is 1.42. The minimum atomic E-state index is -0.416. The number of hydrogen-bond donors (Lipinski definition) is 1. The third kappa shape index (κ3) is 3.44. The maximum atomic E-state index is 13.9. The van der Waals surface area contributed by atoms with Crippen LogP contribution in [0, 0.1) is 5.82 Å². The van der Waals surface area contributed by atoms with Gasteiger partial charge in [0.2, 0.25) is 5.95 Å². The summed E-state index contributed by atoms with van der Waals surface area (Å²) in [4.78, 5) is 15.5. The molecule has 0 aromatic carbocycles. The Hall–Kier alpha value is -1.96. The first kappa shape index (κ1) is 15.0. The maximum Gasteiger partial charge on any atom is 0.224 e. The minimum Gasteiger partial charge on any atom is -0.390 e. The van der Waals surface area contributed by atoms with Crippen LogP contribution in [0.15, 0.2) is 11.4 Å². The largest absolute Gasteiger partial charge is 0.390 e. The number of anilines is 2. The lowest BCUT2D eigenvalue weighted by atomic mass is 10.1. The van der Waals surface area contributed by atoms with Gasteiger partial charge in [-0.2, -0.15) is 4.98 Å². The number of oxime groups is 1. The van der Waals surface area contributed by atoms with Crippen LogP contribution in [0.25, 0.3) is 0 Å². The molecule has 0 spiro atoms. The van der Waals surface area contributed by atoms with E-state index in [-0.39, 0.29) is 6.10 Å². The summed E-state index contributed by atoms with van der Waals surface area (Å²) >= 11 is 0. The van der Waals surface area contributed by atoms with Gasteiger partial charge in [-0.05, 0) is 6.42 Å². The molecule has 0 aliphatic carbocycles. The van der Waals surface area contributed by atoms with Crippen LogP contribution in [-0.2, 0) is 9.57 Å². The molecule has 22 heavy (non-hydrogen) atoms. The van der Waals surface area contributed by atoms with E-state index in [9.17, 15) is 4.39 Å². The van der Waals surface area contributed by atoms with Crippen molar-refractivity contribution in [2.75, 3.05) is 43.1 Å². The molecule has 0 amide bonds. The van der Waals surface area contributed by atoms with Crippen LogP contribution in [0.2, 0.25) is 0 Å². The van der Waals surface area contributed by atoms with Gasteiger partial charge in [0, 0.05) is 19.5 Å². The molecule has 3 rings (SSSR count).